The zero-order valence-corrected chi connectivity index (χ0v) is 16.9. The van der Waals surface area contributed by atoms with E-state index in [0.717, 1.165) is 12.1 Å². The third-order valence-electron chi connectivity index (χ3n) is 5.11. The Kier molecular flexibility index (Phi) is 5.80. The molecule has 4 rings (SSSR count). The summed E-state index contributed by atoms with van der Waals surface area (Å²) in [6, 6.07) is 3.96. The summed E-state index contributed by atoms with van der Waals surface area (Å²) in [5, 5.41) is 51.7. The maximum atomic E-state index is 12.3. The Bertz CT molecular complexity index is 1280. The molecule has 0 spiro atoms. The average molecular weight is 453 g/mol. The predicted octanol–water partition coefficient (Wildman–Crippen LogP) is -0.703. The van der Waals surface area contributed by atoms with Gasteiger partial charge in [-0.3, -0.25) is 9.36 Å². The van der Waals surface area contributed by atoms with Crippen molar-refractivity contribution in [1.29, 1.82) is 5.26 Å². The zero-order valence-electron chi connectivity index (χ0n) is 16.9. The van der Waals surface area contributed by atoms with Gasteiger partial charge in [-0.25, -0.2) is 15.0 Å². The minimum Gasteiger partial charge on any atom is -0.504 e. The molecule has 13 heteroatoms. The lowest BCUT2D eigenvalue weighted by atomic mass is 10.1. The van der Waals surface area contributed by atoms with E-state index in [-0.39, 0.29) is 23.5 Å². The van der Waals surface area contributed by atoms with E-state index in [2.05, 4.69) is 20.3 Å². The van der Waals surface area contributed by atoms with Crippen LogP contribution in [-0.4, -0.2) is 70.7 Å². The van der Waals surface area contributed by atoms with Gasteiger partial charge in [-0.1, -0.05) is 12.2 Å². The number of amides is 1. The van der Waals surface area contributed by atoms with Gasteiger partial charge >= 0.3 is 0 Å². The fraction of sp³-hybridized carbons (Fsp3) is 0.250. The lowest BCUT2D eigenvalue weighted by molar-refractivity contribution is -0.0245. The van der Waals surface area contributed by atoms with Gasteiger partial charge in [0.2, 0.25) is 0 Å². The Hall–Kier alpha value is -4.25. The highest BCUT2D eigenvalue weighted by molar-refractivity contribution is 5.98. The summed E-state index contributed by atoms with van der Waals surface area (Å²) in [5.74, 6) is -1.79. The summed E-state index contributed by atoms with van der Waals surface area (Å²) in [6.07, 6.45) is 1.10. The summed E-state index contributed by atoms with van der Waals surface area (Å²) in [5.41, 5.74) is 6.18. The van der Waals surface area contributed by atoms with Crippen LogP contribution in [0.1, 0.15) is 22.1 Å². The Morgan fingerprint density at radius 2 is 2.06 bits per heavy atom. The Morgan fingerprint density at radius 3 is 2.82 bits per heavy atom. The highest BCUT2D eigenvalue weighted by Gasteiger charge is 2.43. The summed E-state index contributed by atoms with van der Waals surface area (Å²) >= 11 is 0. The topological polar surface area (TPSA) is 213 Å². The van der Waals surface area contributed by atoms with Crippen molar-refractivity contribution in [2.45, 2.75) is 24.5 Å². The van der Waals surface area contributed by atoms with Crippen molar-refractivity contribution in [2.24, 2.45) is 0 Å². The van der Waals surface area contributed by atoms with Gasteiger partial charge in [0.05, 0.1) is 23.5 Å². The van der Waals surface area contributed by atoms with Gasteiger partial charge in [-0.15, -0.1) is 0 Å². The first kappa shape index (κ1) is 22.0. The molecule has 1 aliphatic rings. The molecule has 1 amide bonds. The molecule has 1 fully saturated rings. The van der Waals surface area contributed by atoms with Crippen molar-refractivity contribution in [3.05, 3.63) is 48.1 Å². The van der Waals surface area contributed by atoms with Crippen LogP contribution in [-0.2, 0) is 4.74 Å². The number of carbonyl (C=O) groups excluding carboxylic acids is 1. The molecule has 1 aromatic carbocycles. The van der Waals surface area contributed by atoms with Crippen molar-refractivity contribution in [3.63, 3.8) is 0 Å². The highest BCUT2D eigenvalue weighted by Crippen LogP contribution is 2.32. The monoisotopic (exact) mass is 453 g/mol. The number of nitrogens with one attached hydrogen (secondary N) is 1. The lowest BCUT2D eigenvalue weighted by Gasteiger charge is -2.16. The van der Waals surface area contributed by atoms with E-state index in [4.69, 9.17) is 15.7 Å². The number of benzene rings is 1. The number of rotatable bonds is 5. The quantitative estimate of drug-likeness (QED) is 0.210. The molecule has 1 saturated heterocycles. The molecule has 2 aromatic heterocycles. The minimum atomic E-state index is -1.29. The van der Waals surface area contributed by atoms with E-state index in [1.165, 1.54) is 29.4 Å². The van der Waals surface area contributed by atoms with E-state index in [9.17, 15) is 25.2 Å². The molecule has 0 bridgehead atoms. The number of nitriles is 1. The second-order valence-corrected chi connectivity index (χ2v) is 7.20. The van der Waals surface area contributed by atoms with Crippen LogP contribution in [0.4, 0.5) is 5.82 Å². The smallest absolute Gasteiger partial charge is 0.255 e. The van der Waals surface area contributed by atoms with Crippen LogP contribution in [0.15, 0.2) is 36.9 Å². The number of nitrogen functional groups attached to an aromatic ring is 1. The van der Waals surface area contributed by atoms with Crippen molar-refractivity contribution in [2.75, 3.05) is 12.3 Å². The molecule has 0 radical (unpaired) electrons. The van der Waals surface area contributed by atoms with E-state index >= 15 is 0 Å². The summed E-state index contributed by atoms with van der Waals surface area (Å²) < 4.78 is 7.19. The van der Waals surface area contributed by atoms with Gasteiger partial charge in [0, 0.05) is 12.6 Å². The molecule has 13 nitrogen and oxygen atoms in total. The lowest BCUT2D eigenvalue weighted by Crippen LogP contribution is -2.31. The van der Waals surface area contributed by atoms with E-state index < -0.39 is 41.9 Å². The largest absolute Gasteiger partial charge is 0.504 e. The molecule has 0 aliphatic carbocycles. The Morgan fingerprint density at radius 1 is 1.27 bits per heavy atom. The standard InChI is InChI=1S/C20H19N7O6/c21-6-9-4-10(14(29)11(28)5-9)19(32)23-3-1-2-12-15(30)16(31)20(33-12)27-8-26-13-17(22)24-7-25-18(13)27/h1-2,4-5,7-8,12,15-16,20,28-31H,3H2,(H,23,32)(H2,22,24,25)/b2-1+. The molecule has 7 N–H and O–H groups in total. The van der Waals surface area contributed by atoms with Crippen molar-refractivity contribution >= 4 is 22.9 Å². The van der Waals surface area contributed by atoms with Crippen LogP contribution in [0.3, 0.4) is 0 Å². The number of hydrogen-bond donors (Lipinski definition) is 6. The van der Waals surface area contributed by atoms with Crippen LogP contribution in [0.5, 0.6) is 11.5 Å². The number of aromatic nitrogens is 4. The fourth-order valence-electron chi connectivity index (χ4n) is 3.44. The number of hydrogen-bond acceptors (Lipinski definition) is 11. The molecule has 0 saturated carbocycles. The Labute approximate surface area is 186 Å². The molecule has 4 atom stereocenters. The normalized spacial score (nSPS) is 22.6. The first-order chi connectivity index (χ1) is 15.8. The van der Waals surface area contributed by atoms with Gasteiger partial charge in [0.1, 0.15) is 30.2 Å². The molecule has 170 valence electrons. The average Bonchev–Trinajstić information content (AvgIpc) is 3.35. The second-order valence-electron chi connectivity index (χ2n) is 7.20. The predicted molar refractivity (Wildman–Crippen MR) is 112 cm³/mol. The van der Waals surface area contributed by atoms with Crippen LogP contribution in [0, 0.1) is 11.3 Å². The maximum absolute atomic E-state index is 12.3. The summed E-state index contributed by atoms with van der Waals surface area (Å²) in [4.78, 5) is 24.3. The van der Waals surface area contributed by atoms with Gasteiger partial charge in [0.25, 0.3) is 5.91 Å². The maximum Gasteiger partial charge on any atom is 0.255 e. The number of carbonyl (C=O) groups is 1. The molecular formula is C20H19N7O6. The Balaban J connectivity index is 1.42. The highest BCUT2D eigenvalue weighted by atomic mass is 16.6. The summed E-state index contributed by atoms with van der Waals surface area (Å²) in [7, 11) is 0. The third-order valence-corrected chi connectivity index (χ3v) is 5.11. The minimum absolute atomic E-state index is 0.00699. The molecule has 4 unspecified atom stereocenters. The number of anilines is 1. The van der Waals surface area contributed by atoms with Crippen molar-refractivity contribution in [1.82, 2.24) is 24.8 Å². The molecular weight excluding hydrogens is 434 g/mol. The number of fused-ring (bicyclic) bond motifs is 1. The van der Waals surface area contributed by atoms with Crippen LogP contribution < -0.4 is 11.1 Å². The van der Waals surface area contributed by atoms with Gasteiger partial charge in [-0.2, -0.15) is 5.26 Å². The van der Waals surface area contributed by atoms with Gasteiger partial charge < -0.3 is 36.2 Å². The SMILES string of the molecule is N#Cc1cc(O)c(O)c(C(=O)NC/C=C/C2OC(n3cnc4c(N)ncnc43)C(O)C2O)c1. The zero-order chi connectivity index (χ0) is 23.7. The number of imidazole rings is 1. The summed E-state index contributed by atoms with van der Waals surface area (Å²) in [6.45, 7) is -0.0269. The molecule has 1 aliphatic heterocycles. The van der Waals surface area contributed by atoms with E-state index in [1.807, 2.05) is 0 Å². The van der Waals surface area contributed by atoms with E-state index in [1.54, 1.807) is 6.07 Å². The second kappa shape index (κ2) is 8.71. The van der Waals surface area contributed by atoms with Gasteiger partial charge in [-0.05, 0) is 6.07 Å². The number of aromatic hydroxyl groups is 2. The van der Waals surface area contributed by atoms with Gasteiger partial charge in [0.15, 0.2) is 29.2 Å². The van der Waals surface area contributed by atoms with Crippen LogP contribution in [0.2, 0.25) is 0 Å². The first-order valence-electron chi connectivity index (χ1n) is 9.67. The number of phenolic OH excluding ortho intramolecular Hbond substituents is 2. The van der Waals surface area contributed by atoms with Crippen molar-refractivity contribution in [3.8, 4) is 17.6 Å². The third kappa shape index (κ3) is 4.01. The van der Waals surface area contributed by atoms with E-state index in [0.29, 0.717) is 11.2 Å². The number of nitrogens with zero attached hydrogens (tertiary/aromatic N) is 5. The first-order valence-corrected chi connectivity index (χ1v) is 9.67. The number of nitrogens with two attached hydrogens (primary N) is 1. The molecule has 3 heterocycles. The number of aliphatic hydroxyl groups excluding tert-OH is 2. The molecule has 33 heavy (non-hydrogen) atoms. The number of phenols is 2. The van der Waals surface area contributed by atoms with Crippen LogP contribution in [0.25, 0.3) is 11.2 Å². The molecule has 3 aromatic rings. The van der Waals surface area contributed by atoms with Crippen LogP contribution >= 0.6 is 0 Å². The van der Waals surface area contributed by atoms with Crippen molar-refractivity contribution < 1.29 is 30.0 Å². The number of aliphatic hydroxyl groups is 2. The number of ether oxygens (including phenoxy) is 1. The fourth-order valence-corrected chi connectivity index (χ4v) is 3.44.